The first-order chi connectivity index (χ1) is 15.6. The number of carbonyl (C=O) groups is 1. The van der Waals surface area contributed by atoms with Gasteiger partial charge < -0.3 is 15.2 Å². The third-order valence-corrected chi connectivity index (χ3v) is 7.02. The summed E-state index contributed by atoms with van der Waals surface area (Å²) in [5.41, 5.74) is 9.79. The molecular weight excluding hydrogens is 424 g/mol. The van der Waals surface area contributed by atoms with E-state index >= 15 is 0 Å². The maximum Gasteiger partial charge on any atom is 0.259 e. The van der Waals surface area contributed by atoms with Crippen molar-refractivity contribution in [3.05, 3.63) is 70.7 Å². The van der Waals surface area contributed by atoms with Crippen LogP contribution in [0.3, 0.4) is 0 Å². The fourth-order valence-electron chi connectivity index (χ4n) is 4.27. The van der Waals surface area contributed by atoms with Crippen LogP contribution in [0.15, 0.2) is 54.7 Å². The molecule has 0 bridgehead atoms. The average Bonchev–Trinajstić information content (AvgIpc) is 3.44. The van der Waals surface area contributed by atoms with Crippen molar-refractivity contribution >= 4 is 27.3 Å². The highest BCUT2D eigenvalue weighted by atomic mass is 32.1. The third kappa shape index (κ3) is 3.88. The zero-order valence-corrected chi connectivity index (χ0v) is 18.5. The molecule has 1 amide bonds. The van der Waals surface area contributed by atoms with E-state index < -0.39 is 5.91 Å². The summed E-state index contributed by atoms with van der Waals surface area (Å²) in [6, 6.07) is 15.9. The van der Waals surface area contributed by atoms with Crippen molar-refractivity contribution in [1.29, 1.82) is 0 Å². The molecule has 5 rings (SSSR count). The lowest BCUT2D eigenvalue weighted by Crippen LogP contribution is -2.38. The van der Waals surface area contributed by atoms with Gasteiger partial charge in [0.25, 0.3) is 5.91 Å². The molecule has 1 atom stereocenters. The predicted octanol–water partition coefficient (Wildman–Crippen LogP) is 3.97. The molecule has 3 N–H and O–H groups in total. The number of hydrogen-bond donors (Lipinski definition) is 2. The molecule has 0 unspecified atom stereocenters. The molecule has 8 heteroatoms. The number of hydrogen-bond acceptors (Lipinski definition) is 6. The molecular formula is C24H24N4O3S. The number of carbonyl (C=O) groups excluding carboxylic acids is 1. The van der Waals surface area contributed by atoms with E-state index in [1.807, 2.05) is 54.7 Å². The fourth-order valence-corrected chi connectivity index (χ4v) is 5.37. The van der Waals surface area contributed by atoms with E-state index in [1.165, 1.54) is 11.3 Å². The van der Waals surface area contributed by atoms with Crippen molar-refractivity contribution in [3.8, 4) is 17.0 Å². The molecule has 164 valence electrons. The van der Waals surface area contributed by atoms with Gasteiger partial charge in [0.15, 0.2) is 0 Å². The first-order valence-corrected chi connectivity index (χ1v) is 11.3. The van der Waals surface area contributed by atoms with Crippen molar-refractivity contribution < 1.29 is 14.3 Å². The number of nitrogens with two attached hydrogens (primary N) is 1. The van der Waals surface area contributed by atoms with E-state index in [1.54, 1.807) is 7.11 Å². The molecule has 0 spiro atoms. The minimum absolute atomic E-state index is 0.210. The lowest BCUT2D eigenvalue weighted by atomic mass is 10.0. The highest BCUT2D eigenvalue weighted by Gasteiger charge is 2.29. The summed E-state index contributed by atoms with van der Waals surface area (Å²) in [7, 11) is 1.66. The Bertz CT molecular complexity index is 1250. The second kappa shape index (κ2) is 8.74. The summed E-state index contributed by atoms with van der Waals surface area (Å²) in [6.07, 6.45) is 1.66. The Kier molecular flexibility index (Phi) is 5.65. The molecule has 1 aliphatic heterocycles. The summed E-state index contributed by atoms with van der Waals surface area (Å²) in [5, 5.41) is 8.45. The zero-order valence-electron chi connectivity index (χ0n) is 17.7. The number of rotatable bonds is 6. The zero-order chi connectivity index (χ0) is 22.1. The van der Waals surface area contributed by atoms with Crippen LogP contribution in [0.25, 0.3) is 21.3 Å². The van der Waals surface area contributed by atoms with E-state index in [0.717, 1.165) is 51.3 Å². The van der Waals surface area contributed by atoms with Gasteiger partial charge in [-0.1, -0.05) is 18.2 Å². The van der Waals surface area contributed by atoms with Gasteiger partial charge in [0, 0.05) is 41.0 Å². The highest BCUT2D eigenvalue weighted by Crippen LogP contribution is 2.38. The first kappa shape index (κ1) is 20.7. The van der Waals surface area contributed by atoms with Gasteiger partial charge in [-0.2, -0.15) is 5.10 Å². The van der Waals surface area contributed by atoms with Crippen LogP contribution >= 0.6 is 11.3 Å². The SMILES string of the molecule is COc1ccc(-c2[nH]ncc2CN2CCO[C@@H](c3c(C(N)=O)sc4ccccc34)C2)cc1. The van der Waals surface area contributed by atoms with Crippen molar-refractivity contribution in [3.63, 3.8) is 0 Å². The number of benzene rings is 2. The number of ether oxygens (including phenoxy) is 2. The number of morpholine rings is 1. The lowest BCUT2D eigenvalue weighted by Gasteiger charge is -2.33. The van der Waals surface area contributed by atoms with Crippen molar-refractivity contribution in [2.45, 2.75) is 12.6 Å². The Morgan fingerprint density at radius 1 is 1.28 bits per heavy atom. The molecule has 3 heterocycles. The summed E-state index contributed by atoms with van der Waals surface area (Å²) >= 11 is 1.44. The minimum Gasteiger partial charge on any atom is -0.497 e. The molecule has 0 radical (unpaired) electrons. The number of H-pyrrole nitrogens is 1. The summed E-state index contributed by atoms with van der Waals surface area (Å²) in [6.45, 7) is 2.79. The Morgan fingerprint density at radius 2 is 2.09 bits per heavy atom. The highest BCUT2D eigenvalue weighted by molar-refractivity contribution is 7.21. The molecule has 2 aromatic carbocycles. The van der Waals surface area contributed by atoms with Crippen LogP contribution in [0.1, 0.15) is 26.9 Å². The smallest absolute Gasteiger partial charge is 0.259 e. The maximum absolute atomic E-state index is 12.2. The number of amides is 1. The summed E-state index contributed by atoms with van der Waals surface area (Å²) in [5.74, 6) is 0.414. The normalized spacial score (nSPS) is 17.0. The average molecular weight is 449 g/mol. The van der Waals surface area contributed by atoms with Crippen LogP contribution in [-0.2, 0) is 11.3 Å². The summed E-state index contributed by atoms with van der Waals surface area (Å²) in [4.78, 5) is 15.1. The molecule has 2 aromatic heterocycles. The van der Waals surface area contributed by atoms with Crippen molar-refractivity contribution in [2.75, 3.05) is 26.8 Å². The molecule has 32 heavy (non-hydrogen) atoms. The first-order valence-electron chi connectivity index (χ1n) is 10.5. The topological polar surface area (TPSA) is 93.5 Å². The molecule has 0 aliphatic carbocycles. The number of methoxy groups -OCH3 is 1. The number of thiophene rings is 1. The van der Waals surface area contributed by atoms with Crippen LogP contribution < -0.4 is 10.5 Å². The Morgan fingerprint density at radius 3 is 2.88 bits per heavy atom. The minimum atomic E-state index is -0.404. The monoisotopic (exact) mass is 448 g/mol. The Balaban J connectivity index is 1.40. The van der Waals surface area contributed by atoms with Gasteiger partial charge in [-0.3, -0.25) is 14.8 Å². The number of aromatic amines is 1. The maximum atomic E-state index is 12.2. The van der Waals surface area contributed by atoms with Gasteiger partial charge in [0.05, 0.1) is 36.6 Å². The molecule has 0 saturated carbocycles. The van der Waals surface area contributed by atoms with Gasteiger partial charge in [-0.25, -0.2) is 0 Å². The van der Waals surface area contributed by atoms with Gasteiger partial charge >= 0.3 is 0 Å². The second-order valence-electron chi connectivity index (χ2n) is 7.80. The number of nitrogens with one attached hydrogen (secondary N) is 1. The van der Waals surface area contributed by atoms with Crippen LogP contribution in [0.4, 0.5) is 0 Å². The number of primary amides is 1. The Labute approximate surface area is 189 Å². The number of aromatic nitrogens is 2. The Hall–Kier alpha value is -3.20. The van der Waals surface area contributed by atoms with E-state index in [9.17, 15) is 4.79 Å². The standard InChI is InChI=1S/C24H24N4O3S/c1-30-17-8-6-15(7-9-17)22-16(12-26-27-22)13-28-10-11-31-19(14-28)21-18-4-2-3-5-20(18)32-23(21)24(25)29/h2-9,12,19H,10-11,13-14H2,1H3,(H2,25,29)(H,26,27)/t19-/m1/s1. The molecule has 1 saturated heterocycles. The predicted molar refractivity (Wildman–Crippen MR) is 125 cm³/mol. The fraction of sp³-hybridized carbons (Fsp3) is 0.250. The van der Waals surface area contributed by atoms with E-state index in [2.05, 4.69) is 15.1 Å². The van der Waals surface area contributed by atoms with E-state index in [4.69, 9.17) is 15.2 Å². The van der Waals surface area contributed by atoms with Gasteiger partial charge in [-0.15, -0.1) is 11.3 Å². The third-order valence-electron chi connectivity index (χ3n) is 5.82. The molecule has 1 aliphatic rings. The van der Waals surface area contributed by atoms with E-state index in [0.29, 0.717) is 18.0 Å². The van der Waals surface area contributed by atoms with Crippen LogP contribution in [0.5, 0.6) is 5.75 Å². The number of nitrogens with zero attached hydrogens (tertiary/aromatic N) is 2. The lowest BCUT2D eigenvalue weighted by molar-refractivity contribution is -0.0322. The van der Waals surface area contributed by atoms with Crippen molar-refractivity contribution in [2.24, 2.45) is 5.73 Å². The quantitative estimate of drug-likeness (QED) is 0.466. The van der Waals surface area contributed by atoms with Crippen LogP contribution in [-0.4, -0.2) is 47.8 Å². The van der Waals surface area contributed by atoms with E-state index in [-0.39, 0.29) is 6.10 Å². The van der Waals surface area contributed by atoms with Crippen molar-refractivity contribution in [1.82, 2.24) is 15.1 Å². The van der Waals surface area contributed by atoms with Gasteiger partial charge in [0.1, 0.15) is 5.75 Å². The molecule has 7 nitrogen and oxygen atoms in total. The molecule has 4 aromatic rings. The van der Waals surface area contributed by atoms with Gasteiger partial charge in [0.2, 0.25) is 0 Å². The van der Waals surface area contributed by atoms with Crippen LogP contribution in [0, 0.1) is 0 Å². The molecule has 1 fully saturated rings. The second-order valence-corrected chi connectivity index (χ2v) is 8.85. The number of fused-ring (bicyclic) bond motifs is 1. The largest absolute Gasteiger partial charge is 0.497 e. The summed E-state index contributed by atoms with van der Waals surface area (Å²) < 4.78 is 12.4. The van der Waals surface area contributed by atoms with Gasteiger partial charge in [-0.05, 0) is 35.7 Å². The van der Waals surface area contributed by atoms with Crippen LogP contribution in [0.2, 0.25) is 0 Å².